The summed E-state index contributed by atoms with van der Waals surface area (Å²) in [6, 6.07) is 0. The van der Waals surface area contributed by atoms with Crippen LogP contribution in [0.5, 0.6) is 0 Å². The van der Waals surface area contributed by atoms with Gasteiger partial charge in [-0.3, -0.25) is 0 Å². The number of likely N-dealkylation sites (N-methyl/N-ethyl adjacent to an activating group) is 2. The van der Waals surface area contributed by atoms with Crippen LogP contribution in [0, 0.1) is 0 Å². The second-order valence-electron chi connectivity index (χ2n) is 6.98. The van der Waals surface area contributed by atoms with E-state index in [0.717, 1.165) is 0 Å². The molecular weight excluding hydrogens is 336 g/mol. The van der Waals surface area contributed by atoms with Crippen molar-refractivity contribution in [2.45, 2.75) is 12.8 Å². The quantitative estimate of drug-likeness (QED) is 0.698. The summed E-state index contributed by atoms with van der Waals surface area (Å²) >= 11 is 3.93. The van der Waals surface area contributed by atoms with Crippen molar-refractivity contribution in [3.05, 3.63) is 0 Å². The van der Waals surface area contributed by atoms with Gasteiger partial charge in [0, 0.05) is 50.8 Å². The maximum atomic E-state index is 2.66. The van der Waals surface area contributed by atoms with E-state index in [1.807, 2.05) is 23.5 Å². The predicted molar refractivity (Wildman–Crippen MR) is 114 cm³/mol. The topological polar surface area (TPSA) is 13.0 Å². The second kappa shape index (κ2) is 14.7. The maximum Gasteiger partial charge on any atom is 0.0110 e. The first kappa shape index (κ1) is 22.6. The Labute approximate surface area is 159 Å². The highest BCUT2D eigenvalue weighted by Gasteiger charge is 2.11. The van der Waals surface area contributed by atoms with E-state index in [1.165, 1.54) is 89.8 Å². The molecule has 1 heterocycles. The van der Waals surface area contributed by atoms with E-state index in [0.29, 0.717) is 0 Å². The fraction of sp³-hybridized carbons (Fsp3) is 1.00. The third kappa shape index (κ3) is 11.2. The molecule has 0 unspecified atom stereocenters. The van der Waals surface area contributed by atoms with Gasteiger partial charge in [0.1, 0.15) is 0 Å². The van der Waals surface area contributed by atoms with Gasteiger partial charge in [-0.1, -0.05) is 0 Å². The predicted octanol–water partition coefficient (Wildman–Crippen LogP) is 1.97. The lowest BCUT2D eigenvalue weighted by Crippen LogP contribution is -2.40. The van der Waals surface area contributed by atoms with Crippen molar-refractivity contribution >= 4 is 23.5 Å². The lowest BCUT2D eigenvalue weighted by Gasteiger charge is -2.29. The molecule has 1 fully saturated rings. The Morgan fingerprint density at radius 2 is 1.00 bits per heavy atom. The van der Waals surface area contributed by atoms with Crippen LogP contribution >= 0.6 is 23.5 Å². The molecule has 1 saturated heterocycles. The fourth-order valence-corrected chi connectivity index (χ4v) is 3.97. The van der Waals surface area contributed by atoms with Gasteiger partial charge in [-0.15, -0.1) is 0 Å². The van der Waals surface area contributed by atoms with E-state index >= 15 is 0 Å². The molecule has 0 radical (unpaired) electrons. The van der Waals surface area contributed by atoms with E-state index in [9.17, 15) is 0 Å². The van der Waals surface area contributed by atoms with Crippen LogP contribution < -0.4 is 0 Å². The standard InChI is InChI=1S/C18H40N4S2/c1-19-7-5-9-22(16-18-24-4)14-12-20(2)8-6-10-21(13-11-19)15-17-23-3/h5-18H2,1-4H3. The Morgan fingerprint density at radius 3 is 1.38 bits per heavy atom. The molecule has 0 aliphatic carbocycles. The van der Waals surface area contributed by atoms with Crippen LogP contribution in [0.3, 0.4) is 0 Å². The normalized spacial score (nSPS) is 22.5. The molecule has 0 saturated carbocycles. The van der Waals surface area contributed by atoms with Crippen molar-refractivity contribution in [2.24, 2.45) is 0 Å². The summed E-state index contributed by atoms with van der Waals surface area (Å²) in [4.78, 5) is 10.4. The van der Waals surface area contributed by atoms with Crippen LogP contribution in [0.4, 0.5) is 0 Å². The van der Waals surface area contributed by atoms with Crippen molar-refractivity contribution in [1.82, 2.24) is 19.6 Å². The Bertz CT molecular complexity index is 266. The van der Waals surface area contributed by atoms with Crippen molar-refractivity contribution in [1.29, 1.82) is 0 Å². The summed E-state index contributed by atoms with van der Waals surface area (Å²) in [6.07, 6.45) is 7.01. The molecule has 24 heavy (non-hydrogen) atoms. The molecule has 1 rings (SSSR count). The third-order valence-electron chi connectivity index (χ3n) is 4.85. The van der Waals surface area contributed by atoms with Crippen LogP contribution in [0.2, 0.25) is 0 Å². The first-order valence-electron chi connectivity index (χ1n) is 9.45. The molecule has 144 valence electrons. The Hall–Kier alpha value is 0.540. The van der Waals surface area contributed by atoms with Crippen LogP contribution in [0.25, 0.3) is 0 Å². The molecule has 0 bridgehead atoms. The lowest BCUT2D eigenvalue weighted by atomic mass is 10.3. The summed E-state index contributed by atoms with van der Waals surface area (Å²) in [6.45, 7) is 12.3. The molecule has 1 aliphatic rings. The molecule has 0 spiro atoms. The van der Waals surface area contributed by atoms with Gasteiger partial charge in [-0.05, 0) is 65.6 Å². The van der Waals surface area contributed by atoms with E-state index in [1.54, 1.807) is 0 Å². The average Bonchev–Trinajstić information content (AvgIpc) is 2.58. The maximum absolute atomic E-state index is 2.66. The summed E-state index contributed by atoms with van der Waals surface area (Å²) in [7, 11) is 4.58. The third-order valence-corrected chi connectivity index (χ3v) is 6.03. The average molecular weight is 377 g/mol. The molecule has 1 aliphatic heterocycles. The zero-order chi connectivity index (χ0) is 17.6. The molecule has 0 amide bonds. The molecule has 0 aromatic heterocycles. The van der Waals surface area contributed by atoms with Crippen molar-refractivity contribution < 1.29 is 0 Å². The van der Waals surface area contributed by atoms with Gasteiger partial charge in [0.05, 0.1) is 0 Å². The highest BCUT2D eigenvalue weighted by atomic mass is 32.2. The highest BCUT2D eigenvalue weighted by molar-refractivity contribution is 7.98. The minimum absolute atomic E-state index is 1.20. The van der Waals surface area contributed by atoms with Gasteiger partial charge < -0.3 is 19.6 Å². The van der Waals surface area contributed by atoms with Gasteiger partial charge in [0.25, 0.3) is 0 Å². The first-order chi connectivity index (χ1) is 11.7. The number of hydrogen-bond acceptors (Lipinski definition) is 6. The number of rotatable bonds is 6. The summed E-state index contributed by atoms with van der Waals surface area (Å²) < 4.78 is 0. The number of nitrogens with zero attached hydrogens (tertiary/aromatic N) is 4. The number of thioether (sulfide) groups is 2. The van der Waals surface area contributed by atoms with Gasteiger partial charge in [-0.25, -0.2) is 0 Å². The van der Waals surface area contributed by atoms with E-state index < -0.39 is 0 Å². The molecular formula is C18H40N4S2. The summed E-state index contributed by atoms with van der Waals surface area (Å²) in [5.41, 5.74) is 0. The lowest BCUT2D eigenvalue weighted by molar-refractivity contribution is 0.186. The summed E-state index contributed by atoms with van der Waals surface area (Å²) in [5, 5.41) is 0. The largest absolute Gasteiger partial charge is 0.305 e. The van der Waals surface area contributed by atoms with Gasteiger partial charge in [0.15, 0.2) is 0 Å². The van der Waals surface area contributed by atoms with E-state index in [2.05, 4.69) is 46.2 Å². The van der Waals surface area contributed by atoms with E-state index in [-0.39, 0.29) is 0 Å². The Morgan fingerprint density at radius 1 is 0.583 bits per heavy atom. The SMILES string of the molecule is CSCCN1CCCN(C)CCN(CCSC)CCCN(C)CC1. The molecule has 0 aromatic carbocycles. The minimum Gasteiger partial charge on any atom is -0.305 e. The number of hydrogen-bond donors (Lipinski definition) is 0. The zero-order valence-electron chi connectivity index (χ0n) is 16.5. The van der Waals surface area contributed by atoms with Gasteiger partial charge >= 0.3 is 0 Å². The van der Waals surface area contributed by atoms with Crippen molar-refractivity contribution in [3.8, 4) is 0 Å². The van der Waals surface area contributed by atoms with Crippen molar-refractivity contribution in [2.75, 3.05) is 104 Å². The summed E-state index contributed by atoms with van der Waals surface area (Å²) in [5.74, 6) is 2.51. The Kier molecular flexibility index (Phi) is 13.8. The van der Waals surface area contributed by atoms with Crippen LogP contribution in [0.15, 0.2) is 0 Å². The molecule has 0 atom stereocenters. The molecule has 4 nitrogen and oxygen atoms in total. The molecule has 6 heteroatoms. The smallest absolute Gasteiger partial charge is 0.0110 e. The molecule has 0 aromatic rings. The monoisotopic (exact) mass is 376 g/mol. The zero-order valence-corrected chi connectivity index (χ0v) is 18.1. The first-order valence-corrected chi connectivity index (χ1v) is 12.2. The highest BCUT2D eigenvalue weighted by Crippen LogP contribution is 2.03. The Balaban J connectivity index is 2.49. The fourth-order valence-electron chi connectivity index (χ4n) is 3.09. The minimum atomic E-state index is 1.20. The van der Waals surface area contributed by atoms with Crippen LogP contribution in [0.1, 0.15) is 12.8 Å². The molecule has 0 N–H and O–H groups in total. The van der Waals surface area contributed by atoms with Gasteiger partial charge in [0.2, 0.25) is 0 Å². The van der Waals surface area contributed by atoms with Crippen LogP contribution in [-0.2, 0) is 0 Å². The van der Waals surface area contributed by atoms with Crippen molar-refractivity contribution in [3.63, 3.8) is 0 Å². The second-order valence-corrected chi connectivity index (χ2v) is 8.95. The van der Waals surface area contributed by atoms with Gasteiger partial charge in [-0.2, -0.15) is 23.5 Å². The van der Waals surface area contributed by atoms with Crippen LogP contribution in [-0.4, -0.2) is 123 Å². The van der Waals surface area contributed by atoms with E-state index in [4.69, 9.17) is 0 Å².